The molecule has 3 heteroatoms. The second-order valence-electron chi connectivity index (χ2n) is 11.7. The Morgan fingerprint density at radius 1 is 0.789 bits per heavy atom. The normalized spacial score (nSPS) is 17.2. The van der Waals surface area contributed by atoms with Gasteiger partial charge in [-0.2, -0.15) is 0 Å². The number of Topliss-reactive ketones (excluding diaryl/α,β-unsaturated/α-hetero) is 1. The number of likely N-dealkylation sites (tertiary alicyclic amines) is 1. The summed E-state index contributed by atoms with van der Waals surface area (Å²) in [6, 6.07) is 24.0. The molecule has 2 heterocycles. The van der Waals surface area contributed by atoms with Crippen LogP contribution in [0.4, 0.5) is 0 Å². The minimum atomic E-state index is 0.319. The average Bonchev–Trinajstić information content (AvgIpc) is 3.13. The summed E-state index contributed by atoms with van der Waals surface area (Å²) in [5.41, 5.74) is 9.30. The summed E-state index contributed by atoms with van der Waals surface area (Å²) in [7, 11) is 0. The molecular weight excluding hydrogens is 464 g/mol. The number of carbonyl (C=O) groups excluding carboxylic acids is 1. The largest absolute Gasteiger partial charge is 0.299 e. The summed E-state index contributed by atoms with van der Waals surface area (Å²) < 4.78 is 0. The van der Waals surface area contributed by atoms with Gasteiger partial charge in [-0.25, -0.2) is 0 Å². The topological polar surface area (TPSA) is 23.6 Å². The molecule has 38 heavy (non-hydrogen) atoms. The molecule has 3 nitrogen and oxygen atoms in total. The van der Waals surface area contributed by atoms with E-state index < -0.39 is 0 Å². The lowest BCUT2D eigenvalue weighted by atomic mass is 9.90. The number of aryl methyl sites for hydroxylation is 3. The number of ketones is 1. The second-order valence-corrected chi connectivity index (χ2v) is 11.7. The summed E-state index contributed by atoms with van der Waals surface area (Å²) >= 11 is 0. The fourth-order valence-electron chi connectivity index (χ4n) is 6.32. The fraction of sp³-hybridized carbons (Fsp3) is 0.457. The number of piperidine rings is 1. The van der Waals surface area contributed by atoms with E-state index >= 15 is 0 Å². The SMILES string of the molecule is Cc1ccccc1CN1CCC(CCCC(=O)c2ccc3c(c2)CN(Cc2ccccc2C)CCC3)CC1. The van der Waals surface area contributed by atoms with E-state index in [-0.39, 0.29) is 0 Å². The summed E-state index contributed by atoms with van der Waals surface area (Å²) in [4.78, 5) is 18.3. The molecule has 0 atom stereocenters. The minimum absolute atomic E-state index is 0.319. The smallest absolute Gasteiger partial charge is 0.162 e. The molecule has 1 saturated heterocycles. The maximum absolute atomic E-state index is 13.1. The second kappa shape index (κ2) is 12.9. The van der Waals surface area contributed by atoms with E-state index in [9.17, 15) is 4.79 Å². The van der Waals surface area contributed by atoms with Crippen LogP contribution in [0.2, 0.25) is 0 Å². The molecule has 0 unspecified atom stereocenters. The number of nitrogens with zero attached hydrogens (tertiary/aromatic N) is 2. The zero-order chi connectivity index (χ0) is 26.3. The van der Waals surface area contributed by atoms with Crippen LogP contribution >= 0.6 is 0 Å². The Morgan fingerprint density at radius 2 is 1.45 bits per heavy atom. The van der Waals surface area contributed by atoms with Crippen molar-refractivity contribution in [3.63, 3.8) is 0 Å². The molecule has 0 radical (unpaired) electrons. The fourth-order valence-corrected chi connectivity index (χ4v) is 6.32. The Bertz CT molecular complexity index is 1220. The summed E-state index contributed by atoms with van der Waals surface area (Å²) in [6.45, 7) is 10.9. The molecule has 0 aliphatic carbocycles. The van der Waals surface area contributed by atoms with Gasteiger partial charge in [0.05, 0.1) is 0 Å². The van der Waals surface area contributed by atoms with E-state index in [1.54, 1.807) is 0 Å². The van der Waals surface area contributed by atoms with E-state index in [1.165, 1.54) is 72.2 Å². The molecule has 3 aromatic rings. The molecule has 3 aromatic carbocycles. The van der Waals surface area contributed by atoms with Crippen molar-refractivity contribution in [1.82, 2.24) is 9.80 Å². The predicted molar refractivity (Wildman–Crippen MR) is 157 cm³/mol. The third-order valence-electron chi connectivity index (χ3n) is 8.88. The molecule has 5 rings (SSSR count). The van der Waals surface area contributed by atoms with Gasteiger partial charge in [-0.3, -0.25) is 14.6 Å². The van der Waals surface area contributed by atoms with Gasteiger partial charge in [0.15, 0.2) is 5.78 Å². The number of fused-ring (bicyclic) bond motifs is 1. The summed E-state index contributed by atoms with van der Waals surface area (Å²) in [5.74, 6) is 1.08. The van der Waals surface area contributed by atoms with Crippen molar-refractivity contribution in [3.8, 4) is 0 Å². The number of hydrogen-bond donors (Lipinski definition) is 0. The third kappa shape index (κ3) is 7.01. The van der Waals surface area contributed by atoms with Crippen LogP contribution in [0.5, 0.6) is 0 Å². The highest BCUT2D eigenvalue weighted by molar-refractivity contribution is 5.96. The van der Waals surface area contributed by atoms with Gasteiger partial charge in [0, 0.05) is 31.6 Å². The first-order valence-corrected chi connectivity index (χ1v) is 14.7. The van der Waals surface area contributed by atoms with E-state index in [4.69, 9.17) is 0 Å². The maximum Gasteiger partial charge on any atom is 0.162 e. The molecule has 2 aliphatic rings. The van der Waals surface area contributed by atoms with Crippen LogP contribution in [-0.2, 0) is 26.1 Å². The van der Waals surface area contributed by atoms with Crippen LogP contribution in [0.1, 0.15) is 82.3 Å². The van der Waals surface area contributed by atoms with E-state index in [1.807, 2.05) is 0 Å². The lowest BCUT2D eigenvalue weighted by molar-refractivity contribution is 0.0974. The Morgan fingerprint density at radius 3 is 2.13 bits per heavy atom. The molecule has 0 bridgehead atoms. The lowest BCUT2D eigenvalue weighted by Crippen LogP contribution is -2.33. The Kier molecular flexibility index (Phi) is 9.09. The molecule has 2 aliphatic heterocycles. The van der Waals surface area contributed by atoms with Crippen LogP contribution in [0.3, 0.4) is 0 Å². The van der Waals surface area contributed by atoms with Gasteiger partial charge in [0.2, 0.25) is 0 Å². The highest BCUT2D eigenvalue weighted by Gasteiger charge is 2.21. The van der Waals surface area contributed by atoms with Crippen molar-refractivity contribution >= 4 is 5.78 Å². The van der Waals surface area contributed by atoms with E-state index in [0.717, 1.165) is 50.5 Å². The van der Waals surface area contributed by atoms with Crippen molar-refractivity contribution in [1.29, 1.82) is 0 Å². The first-order valence-electron chi connectivity index (χ1n) is 14.7. The van der Waals surface area contributed by atoms with Crippen molar-refractivity contribution < 1.29 is 4.79 Å². The number of carbonyl (C=O) groups is 1. The monoisotopic (exact) mass is 508 g/mol. The van der Waals surface area contributed by atoms with E-state index in [0.29, 0.717) is 12.2 Å². The quantitative estimate of drug-likeness (QED) is 0.279. The van der Waals surface area contributed by atoms with Crippen molar-refractivity contribution in [2.24, 2.45) is 5.92 Å². The predicted octanol–water partition coefficient (Wildman–Crippen LogP) is 7.52. The zero-order valence-electron chi connectivity index (χ0n) is 23.4. The van der Waals surface area contributed by atoms with Gasteiger partial charge in [0.25, 0.3) is 0 Å². The number of rotatable bonds is 9. The maximum atomic E-state index is 13.1. The highest BCUT2D eigenvalue weighted by atomic mass is 16.1. The van der Waals surface area contributed by atoms with Crippen molar-refractivity contribution in [2.75, 3.05) is 19.6 Å². The van der Waals surface area contributed by atoms with Gasteiger partial charge in [-0.05, 0) is 117 Å². The molecule has 0 saturated carbocycles. The van der Waals surface area contributed by atoms with Crippen LogP contribution in [0.25, 0.3) is 0 Å². The Balaban J connectivity index is 1.09. The molecule has 200 valence electrons. The Hall–Kier alpha value is -2.75. The Labute approximate surface area is 229 Å². The van der Waals surface area contributed by atoms with Gasteiger partial charge >= 0.3 is 0 Å². The lowest BCUT2D eigenvalue weighted by Gasteiger charge is -2.32. The number of benzene rings is 3. The van der Waals surface area contributed by atoms with Crippen molar-refractivity contribution in [3.05, 3.63) is 106 Å². The summed E-state index contributed by atoms with van der Waals surface area (Å²) in [5, 5.41) is 0. The molecule has 0 amide bonds. The molecule has 0 spiro atoms. The minimum Gasteiger partial charge on any atom is -0.299 e. The van der Waals surface area contributed by atoms with Crippen LogP contribution < -0.4 is 0 Å². The van der Waals surface area contributed by atoms with Gasteiger partial charge in [-0.1, -0.05) is 60.7 Å². The first kappa shape index (κ1) is 26.8. The third-order valence-corrected chi connectivity index (χ3v) is 8.88. The van der Waals surface area contributed by atoms with Gasteiger partial charge in [0.1, 0.15) is 0 Å². The standard InChI is InChI=1S/C35H44N2O/c1-27-9-3-5-12-32(27)24-36-21-18-29(19-22-36)11-7-15-35(38)31-17-16-30-14-8-20-37(26-34(30)23-31)25-33-13-6-4-10-28(33)2/h3-6,9-10,12-13,16-17,23,29H,7-8,11,14-15,18-22,24-26H2,1-2H3. The molecule has 1 fully saturated rings. The highest BCUT2D eigenvalue weighted by Crippen LogP contribution is 2.26. The zero-order valence-corrected chi connectivity index (χ0v) is 23.4. The average molecular weight is 509 g/mol. The molecule has 0 N–H and O–H groups in total. The van der Waals surface area contributed by atoms with Crippen LogP contribution in [-0.4, -0.2) is 35.2 Å². The van der Waals surface area contributed by atoms with Crippen LogP contribution in [0, 0.1) is 19.8 Å². The summed E-state index contributed by atoms with van der Waals surface area (Å²) in [6.07, 6.45) is 7.67. The van der Waals surface area contributed by atoms with Gasteiger partial charge in [-0.15, -0.1) is 0 Å². The van der Waals surface area contributed by atoms with Crippen LogP contribution in [0.15, 0.2) is 66.7 Å². The first-order chi connectivity index (χ1) is 18.5. The van der Waals surface area contributed by atoms with E-state index in [2.05, 4.69) is 90.4 Å². The number of hydrogen-bond acceptors (Lipinski definition) is 3. The van der Waals surface area contributed by atoms with Gasteiger partial charge < -0.3 is 0 Å². The molecule has 0 aromatic heterocycles. The van der Waals surface area contributed by atoms with Crippen molar-refractivity contribution in [2.45, 2.75) is 78.4 Å². The molecular formula is C35H44N2O.